The molecule has 1 aromatic carbocycles. The number of piperazine rings is 1. The van der Waals surface area contributed by atoms with Gasteiger partial charge in [0.2, 0.25) is 5.91 Å². The van der Waals surface area contributed by atoms with Crippen LogP contribution in [0.15, 0.2) is 30.3 Å². The minimum absolute atomic E-state index is 0.261. The fourth-order valence-corrected chi connectivity index (χ4v) is 4.55. The lowest BCUT2D eigenvalue weighted by Gasteiger charge is -2.43. The molecule has 3 heterocycles. The molecule has 0 atom stereocenters. The normalized spacial score (nSPS) is 19.9. The van der Waals surface area contributed by atoms with Crippen LogP contribution >= 0.6 is 0 Å². The van der Waals surface area contributed by atoms with Crippen molar-refractivity contribution in [1.29, 1.82) is 0 Å². The number of amides is 1. The molecule has 0 saturated carbocycles. The second-order valence-corrected chi connectivity index (χ2v) is 7.62. The number of ether oxygens (including phenoxy) is 1. The van der Waals surface area contributed by atoms with Crippen LogP contribution in [0.4, 0.5) is 5.69 Å². The molecule has 0 unspecified atom stereocenters. The summed E-state index contributed by atoms with van der Waals surface area (Å²) in [5.41, 5.74) is 3.99. The number of rotatable bonds is 3. The minimum Gasteiger partial charge on any atom is -0.381 e. The molecule has 4 rings (SSSR count). The predicted octanol–water partition coefficient (Wildman–Crippen LogP) is 2.42. The SMILES string of the molecule is Cc1n[nH]c(C)c1N1CCN(C(=O)C2(c3ccccc3)CCOCC2)CC1. The van der Waals surface area contributed by atoms with Crippen molar-refractivity contribution in [3.63, 3.8) is 0 Å². The first kappa shape index (κ1) is 18.0. The van der Waals surface area contributed by atoms with Crippen molar-refractivity contribution in [2.75, 3.05) is 44.3 Å². The van der Waals surface area contributed by atoms with Crippen molar-refractivity contribution in [2.45, 2.75) is 32.1 Å². The summed E-state index contributed by atoms with van der Waals surface area (Å²) in [5, 5.41) is 7.37. The number of hydrogen-bond donors (Lipinski definition) is 1. The lowest BCUT2D eigenvalue weighted by molar-refractivity contribution is -0.141. The highest BCUT2D eigenvalue weighted by atomic mass is 16.5. The number of H-pyrrole nitrogens is 1. The van der Waals surface area contributed by atoms with Gasteiger partial charge in [-0.2, -0.15) is 5.10 Å². The Morgan fingerprint density at radius 2 is 1.74 bits per heavy atom. The van der Waals surface area contributed by atoms with Gasteiger partial charge in [-0.25, -0.2) is 0 Å². The van der Waals surface area contributed by atoms with Crippen LogP contribution in [0.25, 0.3) is 0 Å². The van der Waals surface area contributed by atoms with E-state index in [1.54, 1.807) is 0 Å². The average Bonchev–Trinajstić information content (AvgIpc) is 3.07. The van der Waals surface area contributed by atoms with E-state index in [2.05, 4.69) is 39.1 Å². The molecule has 1 N–H and O–H groups in total. The third kappa shape index (κ3) is 3.23. The van der Waals surface area contributed by atoms with Crippen LogP contribution in [-0.2, 0) is 14.9 Å². The number of aromatic nitrogens is 2. The summed E-state index contributed by atoms with van der Waals surface area (Å²) in [5.74, 6) is 0.261. The van der Waals surface area contributed by atoms with Crippen LogP contribution in [0.5, 0.6) is 0 Å². The van der Waals surface area contributed by atoms with E-state index < -0.39 is 5.41 Å². The number of carbonyl (C=O) groups is 1. The largest absolute Gasteiger partial charge is 0.381 e. The smallest absolute Gasteiger partial charge is 0.233 e. The van der Waals surface area contributed by atoms with Crippen molar-refractivity contribution in [2.24, 2.45) is 0 Å². The Morgan fingerprint density at radius 1 is 1.07 bits per heavy atom. The van der Waals surface area contributed by atoms with Crippen molar-refractivity contribution in [3.05, 3.63) is 47.3 Å². The second-order valence-electron chi connectivity index (χ2n) is 7.62. The number of hydrogen-bond acceptors (Lipinski definition) is 4. The summed E-state index contributed by atoms with van der Waals surface area (Å²) in [6.45, 7) is 8.56. The van der Waals surface area contributed by atoms with Gasteiger partial charge in [0.1, 0.15) is 0 Å². The molecule has 6 heteroatoms. The number of aryl methyl sites for hydroxylation is 2. The highest BCUT2D eigenvalue weighted by Crippen LogP contribution is 2.37. The maximum Gasteiger partial charge on any atom is 0.233 e. The van der Waals surface area contributed by atoms with E-state index in [0.29, 0.717) is 13.2 Å². The Balaban J connectivity index is 1.52. The quantitative estimate of drug-likeness (QED) is 0.904. The van der Waals surface area contributed by atoms with E-state index in [-0.39, 0.29) is 5.91 Å². The van der Waals surface area contributed by atoms with E-state index in [1.807, 2.05) is 25.1 Å². The van der Waals surface area contributed by atoms with Gasteiger partial charge in [-0.05, 0) is 32.3 Å². The predicted molar refractivity (Wildman–Crippen MR) is 105 cm³/mol. The minimum atomic E-state index is -0.441. The van der Waals surface area contributed by atoms with E-state index in [9.17, 15) is 4.79 Å². The Hall–Kier alpha value is -2.34. The van der Waals surface area contributed by atoms with Crippen LogP contribution in [0.3, 0.4) is 0 Å². The number of benzene rings is 1. The first-order valence-corrected chi connectivity index (χ1v) is 9.81. The zero-order valence-electron chi connectivity index (χ0n) is 16.2. The molecule has 144 valence electrons. The van der Waals surface area contributed by atoms with E-state index in [1.165, 1.54) is 5.69 Å². The van der Waals surface area contributed by atoms with Gasteiger partial charge < -0.3 is 14.5 Å². The number of carbonyl (C=O) groups excluding carboxylic acids is 1. The third-order valence-electron chi connectivity index (χ3n) is 6.05. The van der Waals surface area contributed by atoms with Crippen molar-refractivity contribution < 1.29 is 9.53 Å². The highest BCUT2D eigenvalue weighted by Gasteiger charge is 2.44. The third-order valence-corrected chi connectivity index (χ3v) is 6.05. The van der Waals surface area contributed by atoms with Crippen molar-refractivity contribution >= 4 is 11.6 Å². The van der Waals surface area contributed by atoms with Gasteiger partial charge in [-0.15, -0.1) is 0 Å². The van der Waals surface area contributed by atoms with Crippen molar-refractivity contribution in [1.82, 2.24) is 15.1 Å². The lowest BCUT2D eigenvalue weighted by Crippen LogP contribution is -2.56. The first-order valence-electron chi connectivity index (χ1n) is 9.81. The highest BCUT2D eigenvalue weighted by molar-refractivity contribution is 5.88. The standard InChI is InChI=1S/C21H28N4O2/c1-16-19(17(2)23-22-16)24-10-12-25(13-11-24)20(26)21(8-14-27-15-9-21)18-6-4-3-5-7-18/h3-7H,8-15H2,1-2H3,(H,22,23). The number of anilines is 1. The number of nitrogens with one attached hydrogen (secondary N) is 1. The molecule has 2 aliphatic rings. The topological polar surface area (TPSA) is 61.5 Å². The molecule has 6 nitrogen and oxygen atoms in total. The molecular weight excluding hydrogens is 340 g/mol. The Morgan fingerprint density at radius 3 is 2.33 bits per heavy atom. The summed E-state index contributed by atoms with van der Waals surface area (Å²) in [7, 11) is 0. The summed E-state index contributed by atoms with van der Waals surface area (Å²) in [6.07, 6.45) is 1.52. The molecule has 0 spiro atoms. The van der Waals surface area contributed by atoms with Crippen LogP contribution < -0.4 is 4.90 Å². The van der Waals surface area contributed by atoms with Gasteiger partial charge in [0.05, 0.1) is 22.5 Å². The maximum absolute atomic E-state index is 13.6. The second kappa shape index (κ2) is 7.35. The summed E-state index contributed by atoms with van der Waals surface area (Å²) >= 11 is 0. The van der Waals surface area contributed by atoms with Crippen LogP contribution in [0, 0.1) is 13.8 Å². The molecule has 1 amide bonds. The van der Waals surface area contributed by atoms with Crippen molar-refractivity contribution in [3.8, 4) is 0 Å². The summed E-state index contributed by atoms with van der Waals surface area (Å²) < 4.78 is 5.59. The number of nitrogens with zero attached hydrogens (tertiary/aromatic N) is 3. The Bertz CT molecular complexity index is 768. The van der Waals surface area contributed by atoms with E-state index in [4.69, 9.17) is 4.74 Å². The molecule has 2 saturated heterocycles. The maximum atomic E-state index is 13.6. The summed E-state index contributed by atoms with van der Waals surface area (Å²) in [4.78, 5) is 18.0. The van der Waals surface area contributed by atoms with E-state index in [0.717, 1.165) is 56.0 Å². The van der Waals surface area contributed by atoms with Gasteiger partial charge in [0.15, 0.2) is 0 Å². The molecule has 1 aromatic heterocycles. The average molecular weight is 368 g/mol. The molecule has 2 fully saturated rings. The van der Waals surface area contributed by atoms with Gasteiger partial charge in [-0.1, -0.05) is 30.3 Å². The van der Waals surface area contributed by atoms with Gasteiger partial charge in [0.25, 0.3) is 0 Å². The summed E-state index contributed by atoms with van der Waals surface area (Å²) in [6, 6.07) is 10.3. The molecule has 27 heavy (non-hydrogen) atoms. The van der Waals surface area contributed by atoms with E-state index >= 15 is 0 Å². The van der Waals surface area contributed by atoms with Gasteiger partial charge >= 0.3 is 0 Å². The molecule has 0 aliphatic carbocycles. The Labute approximate surface area is 160 Å². The monoisotopic (exact) mass is 368 g/mol. The molecule has 0 radical (unpaired) electrons. The van der Waals surface area contributed by atoms with Crippen LogP contribution in [0.1, 0.15) is 29.8 Å². The van der Waals surface area contributed by atoms with Crippen LogP contribution in [0.2, 0.25) is 0 Å². The number of aromatic amines is 1. The molecule has 2 aliphatic heterocycles. The zero-order valence-corrected chi connectivity index (χ0v) is 16.2. The van der Waals surface area contributed by atoms with Crippen LogP contribution in [-0.4, -0.2) is 60.4 Å². The fourth-order valence-electron chi connectivity index (χ4n) is 4.55. The molecular formula is C21H28N4O2. The molecule has 2 aromatic rings. The zero-order chi connectivity index (χ0) is 18.9. The van der Waals surface area contributed by atoms with Gasteiger partial charge in [-0.3, -0.25) is 9.89 Å². The van der Waals surface area contributed by atoms with Gasteiger partial charge in [0, 0.05) is 39.4 Å². The lowest BCUT2D eigenvalue weighted by atomic mass is 9.73. The first-order chi connectivity index (χ1) is 13.1. The Kier molecular flexibility index (Phi) is 4.91. The fraction of sp³-hybridized carbons (Fsp3) is 0.524. The molecule has 0 bridgehead atoms.